The Bertz CT molecular complexity index is 702. The number of hydrogen-bond donors (Lipinski definition) is 2. The molecular weight excluding hydrogens is 285 g/mol. The van der Waals surface area contributed by atoms with Gasteiger partial charge in [-0.3, -0.25) is 4.99 Å². The topological polar surface area (TPSA) is 70.4 Å². The monoisotopic (exact) mass is 294 g/mol. The molecule has 1 aliphatic heterocycles. The molecule has 3 N–H and O–H groups in total. The third-order valence-corrected chi connectivity index (χ3v) is 3.46. The van der Waals surface area contributed by atoms with Gasteiger partial charge in [-0.1, -0.05) is 11.6 Å². The van der Waals surface area contributed by atoms with E-state index in [0.717, 1.165) is 16.9 Å². The summed E-state index contributed by atoms with van der Waals surface area (Å²) in [6.45, 7) is 0.418. The zero-order valence-corrected chi connectivity index (χ0v) is 11.3. The molecule has 0 saturated heterocycles. The van der Waals surface area contributed by atoms with Crippen molar-refractivity contribution in [1.29, 1.82) is 0 Å². The van der Waals surface area contributed by atoms with Crippen molar-refractivity contribution >= 4 is 35.4 Å². The summed E-state index contributed by atoms with van der Waals surface area (Å²) in [6, 6.07) is 5.52. The SMILES string of the molecule is NC=NC1=NCc2c(Cl)[nH]c[n+]2-c2ccc(Cl)cc21. The number of amidine groups is 1. The maximum absolute atomic E-state index is 6.12. The van der Waals surface area contributed by atoms with Crippen LogP contribution < -0.4 is 10.3 Å². The lowest BCUT2D eigenvalue weighted by atomic mass is 10.1. The number of benzene rings is 1. The number of nitrogens with two attached hydrogens (primary N) is 1. The Balaban J connectivity index is 2.31. The van der Waals surface area contributed by atoms with E-state index >= 15 is 0 Å². The van der Waals surface area contributed by atoms with Crippen molar-refractivity contribution in [1.82, 2.24) is 4.98 Å². The summed E-state index contributed by atoms with van der Waals surface area (Å²) in [5.74, 6) is 0.541. The number of halogens is 2. The number of H-pyrrole nitrogens is 1. The average Bonchev–Trinajstić information content (AvgIpc) is 2.68. The van der Waals surface area contributed by atoms with Gasteiger partial charge in [0.2, 0.25) is 11.5 Å². The van der Waals surface area contributed by atoms with Gasteiger partial charge in [-0.15, -0.1) is 0 Å². The Morgan fingerprint density at radius 2 is 2.26 bits per heavy atom. The first-order valence-corrected chi connectivity index (χ1v) is 6.32. The predicted molar refractivity (Wildman–Crippen MR) is 75.3 cm³/mol. The van der Waals surface area contributed by atoms with Crippen LogP contribution in [0.2, 0.25) is 10.2 Å². The summed E-state index contributed by atoms with van der Waals surface area (Å²) in [5, 5.41) is 1.17. The molecule has 0 fully saturated rings. The minimum Gasteiger partial charge on any atom is -0.390 e. The van der Waals surface area contributed by atoms with Gasteiger partial charge in [0.1, 0.15) is 12.2 Å². The predicted octanol–water partition coefficient (Wildman–Crippen LogP) is 1.85. The summed E-state index contributed by atoms with van der Waals surface area (Å²) < 4.78 is 1.94. The lowest BCUT2D eigenvalue weighted by Gasteiger charge is -2.04. The molecule has 0 aliphatic carbocycles. The molecule has 2 aromatic rings. The molecule has 0 bridgehead atoms. The maximum atomic E-state index is 6.12. The molecule has 0 radical (unpaired) electrons. The summed E-state index contributed by atoms with van der Waals surface area (Å²) in [6.07, 6.45) is 3.01. The zero-order chi connectivity index (χ0) is 13.4. The lowest BCUT2D eigenvalue weighted by Crippen LogP contribution is -2.33. The second-order valence-electron chi connectivity index (χ2n) is 3.98. The number of nitrogens with zero attached hydrogens (tertiary/aromatic N) is 3. The van der Waals surface area contributed by atoms with Crippen LogP contribution in [0.15, 0.2) is 34.5 Å². The van der Waals surface area contributed by atoms with E-state index in [0.29, 0.717) is 22.6 Å². The highest BCUT2D eigenvalue weighted by Gasteiger charge is 2.25. The summed E-state index contributed by atoms with van der Waals surface area (Å²) >= 11 is 12.2. The normalized spacial score (nSPS) is 13.9. The molecule has 19 heavy (non-hydrogen) atoms. The molecule has 1 aliphatic rings. The van der Waals surface area contributed by atoms with Crippen LogP contribution in [0, 0.1) is 0 Å². The van der Waals surface area contributed by atoms with Crippen molar-refractivity contribution in [3.8, 4) is 5.69 Å². The fourth-order valence-electron chi connectivity index (χ4n) is 2.06. The highest BCUT2D eigenvalue weighted by atomic mass is 35.5. The highest BCUT2D eigenvalue weighted by Crippen LogP contribution is 2.23. The molecule has 1 aromatic carbocycles. The van der Waals surface area contributed by atoms with E-state index in [1.165, 1.54) is 6.34 Å². The summed E-state index contributed by atoms with van der Waals surface area (Å²) in [5.41, 5.74) is 7.96. The van der Waals surface area contributed by atoms with Gasteiger partial charge in [0.25, 0.3) is 0 Å². The van der Waals surface area contributed by atoms with E-state index in [2.05, 4.69) is 15.0 Å². The largest absolute Gasteiger partial charge is 0.390 e. The fourth-order valence-corrected chi connectivity index (χ4v) is 2.43. The maximum Gasteiger partial charge on any atom is 0.248 e. The molecule has 0 atom stereocenters. The Kier molecular flexibility index (Phi) is 3.00. The van der Waals surface area contributed by atoms with E-state index in [-0.39, 0.29) is 0 Å². The van der Waals surface area contributed by atoms with Crippen LogP contribution in [0.3, 0.4) is 0 Å². The average molecular weight is 295 g/mol. The van der Waals surface area contributed by atoms with Gasteiger partial charge in [-0.2, -0.15) is 4.57 Å². The first-order chi connectivity index (χ1) is 9.20. The van der Waals surface area contributed by atoms with E-state index in [1.54, 1.807) is 6.33 Å². The number of imidazole rings is 1. The highest BCUT2D eigenvalue weighted by molar-refractivity contribution is 6.31. The van der Waals surface area contributed by atoms with Crippen molar-refractivity contribution in [2.24, 2.45) is 15.7 Å². The number of aromatic nitrogens is 2. The quantitative estimate of drug-likeness (QED) is 0.434. The Hall–Kier alpha value is -1.85. The van der Waals surface area contributed by atoms with E-state index in [9.17, 15) is 0 Å². The molecule has 0 saturated carbocycles. The van der Waals surface area contributed by atoms with Crippen LogP contribution in [0.5, 0.6) is 0 Å². The van der Waals surface area contributed by atoms with Gasteiger partial charge in [0, 0.05) is 5.02 Å². The van der Waals surface area contributed by atoms with Crippen molar-refractivity contribution in [3.05, 3.63) is 46.0 Å². The first kappa shape index (κ1) is 12.2. The minimum absolute atomic E-state index is 0.418. The van der Waals surface area contributed by atoms with Crippen LogP contribution in [-0.2, 0) is 6.54 Å². The van der Waals surface area contributed by atoms with Crippen LogP contribution in [0.25, 0.3) is 5.69 Å². The standard InChI is InChI=1S/C12H9Cl2N5/c13-7-1-2-9-8(3-7)12(17-5-15)16-4-10-11(14)18-6-19(9)10/h1-3,5-6H,4H2,(H2,15,16,17)/p+1. The third-order valence-electron chi connectivity index (χ3n) is 2.90. The lowest BCUT2D eigenvalue weighted by molar-refractivity contribution is -0.602. The number of aromatic amines is 1. The van der Waals surface area contributed by atoms with Gasteiger partial charge >= 0.3 is 0 Å². The molecule has 1 aromatic heterocycles. The molecule has 3 rings (SSSR count). The molecule has 0 spiro atoms. The number of nitrogens with one attached hydrogen (secondary N) is 1. The van der Waals surface area contributed by atoms with Crippen molar-refractivity contribution in [2.45, 2.75) is 6.54 Å². The number of fused-ring (bicyclic) bond motifs is 3. The number of hydrogen-bond acceptors (Lipinski definition) is 2. The van der Waals surface area contributed by atoms with Crippen molar-refractivity contribution in [2.75, 3.05) is 0 Å². The zero-order valence-electron chi connectivity index (χ0n) is 9.77. The van der Waals surface area contributed by atoms with E-state index in [1.807, 2.05) is 22.8 Å². The van der Waals surface area contributed by atoms with Crippen molar-refractivity contribution < 1.29 is 4.57 Å². The van der Waals surface area contributed by atoms with Crippen LogP contribution in [-0.4, -0.2) is 17.2 Å². The van der Waals surface area contributed by atoms with Crippen LogP contribution in [0.1, 0.15) is 11.3 Å². The van der Waals surface area contributed by atoms with Crippen molar-refractivity contribution in [3.63, 3.8) is 0 Å². The smallest absolute Gasteiger partial charge is 0.248 e. The minimum atomic E-state index is 0.418. The van der Waals surface area contributed by atoms with Gasteiger partial charge in [0.15, 0.2) is 11.5 Å². The Labute approximate surface area is 119 Å². The molecule has 5 nitrogen and oxygen atoms in total. The molecular formula is C12H10Cl2N5+. The number of aliphatic imine (C=N–C) groups is 2. The number of rotatable bonds is 0. The molecule has 2 heterocycles. The summed E-state index contributed by atoms with van der Waals surface area (Å²) in [4.78, 5) is 11.5. The Morgan fingerprint density at radius 3 is 3.05 bits per heavy atom. The molecule has 0 unspecified atom stereocenters. The molecule has 7 heteroatoms. The van der Waals surface area contributed by atoms with Gasteiger partial charge in [0.05, 0.1) is 11.9 Å². The van der Waals surface area contributed by atoms with E-state index < -0.39 is 0 Å². The summed E-state index contributed by atoms with van der Waals surface area (Å²) in [7, 11) is 0. The van der Waals surface area contributed by atoms with Crippen LogP contribution >= 0.6 is 23.2 Å². The van der Waals surface area contributed by atoms with E-state index in [4.69, 9.17) is 28.9 Å². The van der Waals surface area contributed by atoms with Crippen LogP contribution in [0.4, 0.5) is 0 Å². The third kappa shape index (κ3) is 2.01. The first-order valence-electron chi connectivity index (χ1n) is 5.57. The second kappa shape index (κ2) is 4.68. The second-order valence-corrected chi connectivity index (χ2v) is 4.80. The Morgan fingerprint density at radius 1 is 1.42 bits per heavy atom. The van der Waals surface area contributed by atoms with Gasteiger partial charge in [-0.25, -0.2) is 9.98 Å². The molecule has 0 amide bonds. The molecule has 96 valence electrons. The fraction of sp³-hybridized carbons (Fsp3) is 0.0833. The van der Waals surface area contributed by atoms with Gasteiger partial charge < -0.3 is 5.73 Å². The van der Waals surface area contributed by atoms with Gasteiger partial charge in [-0.05, 0) is 29.8 Å².